The van der Waals surface area contributed by atoms with Crippen LogP contribution in [0.2, 0.25) is 0 Å². The molecule has 0 bridgehead atoms. The van der Waals surface area contributed by atoms with Crippen LogP contribution in [-0.4, -0.2) is 17.0 Å². The fraction of sp³-hybridized carbons (Fsp3) is 0.286. The molecule has 4 nitrogen and oxygen atoms in total. The predicted octanol–water partition coefficient (Wildman–Crippen LogP) is 3.46. The Morgan fingerprint density at radius 2 is 1.89 bits per heavy atom. The molecular formula is C14H17BrN4. The van der Waals surface area contributed by atoms with Gasteiger partial charge in [-0.25, -0.2) is 9.97 Å². The Labute approximate surface area is 121 Å². The third-order valence-corrected chi connectivity index (χ3v) is 3.71. The SMILES string of the molecule is CCc1c(NC)ncnc1NCc1ccccc1Br. The van der Waals surface area contributed by atoms with E-state index in [-0.39, 0.29) is 0 Å². The molecule has 0 atom stereocenters. The van der Waals surface area contributed by atoms with Crippen molar-refractivity contribution in [3.05, 3.63) is 46.2 Å². The second-order valence-corrected chi connectivity index (χ2v) is 4.95. The van der Waals surface area contributed by atoms with Crippen LogP contribution in [0.1, 0.15) is 18.1 Å². The van der Waals surface area contributed by atoms with Gasteiger partial charge in [-0.05, 0) is 18.1 Å². The summed E-state index contributed by atoms with van der Waals surface area (Å²) < 4.78 is 1.10. The van der Waals surface area contributed by atoms with Crippen molar-refractivity contribution in [3.8, 4) is 0 Å². The third kappa shape index (κ3) is 3.23. The number of aromatic nitrogens is 2. The van der Waals surface area contributed by atoms with Gasteiger partial charge in [0.15, 0.2) is 0 Å². The van der Waals surface area contributed by atoms with E-state index >= 15 is 0 Å². The van der Waals surface area contributed by atoms with Crippen molar-refractivity contribution in [2.75, 3.05) is 17.7 Å². The van der Waals surface area contributed by atoms with Crippen LogP contribution in [0.4, 0.5) is 11.6 Å². The Morgan fingerprint density at radius 3 is 2.58 bits per heavy atom. The molecule has 0 radical (unpaired) electrons. The van der Waals surface area contributed by atoms with Gasteiger partial charge in [0.05, 0.1) is 0 Å². The van der Waals surface area contributed by atoms with Crippen molar-refractivity contribution in [1.29, 1.82) is 0 Å². The molecule has 0 fully saturated rings. The molecular weight excluding hydrogens is 304 g/mol. The van der Waals surface area contributed by atoms with E-state index in [2.05, 4.69) is 49.5 Å². The van der Waals surface area contributed by atoms with E-state index in [9.17, 15) is 0 Å². The maximum Gasteiger partial charge on any atom is 0.134 e. The van der Waals surface area contributed by atoms with Crippen molar-refractivity contribution in [2.24, 2.45) is 0 Å². The summed E-state index contributed by atoms with van der Waals surface area (Å²) in [5.74, 6) is 1.77. The molecule has 2 N–H and O–H groups in total. The van der Waals surface area contributed by atoms with Crippen LogP contribution in [0.3, 0.4) is 0 Å². The van der Waals surface area contributed by atoms with E-state index in [1.54, 1.807) is 6.33 Å². The lowest BCUT2D eigenvalue weighted by Crippen LogP contribution is -2.08. The average molecular weight is 321 g/mol. The van der Waals surface area contributed by atoms with Crippen LogP contribution in [0, 0.1) is 0 Å². The number of halogens is 1. The smallest absolute Gasteiger partial charge is 0.134 e. The van der Waals surface area contributed by atoms with Crippen molar-refractivity contribution in [2.45, 2.75) is 19.9 Å². The first-order valence-corrected chi connectivity index (χ1v) is 7.04. The molecule has 0 saturated carbocycles. The number of rotatable bonds is 5. The van der Waals surface area contributed by atoms with Gasteiger partial charge in [0.2, 0.25) is 0 Å². The topological polar surface area (TPSA) is 49.8 Å². The van der Waals surface area contributed by atoms with Crippen molar-refractivity contribution < 1.29 is 0 Å². The monoisotopic (exact) mass is 320 g/mol. The maximum atomic E-state index is 4.33. The Morgan fingerprint density at radius 1 is 1.16 bits per heavy atom. The molecule has 0 saturated heterocycles. The van der Waals surface area contributed by atoms with Gasteiger partial charge in [0.25, 0.3) is 0 Å². The van der Waals surface area contributed by atoms with E-state index in [4.69, 9.17) is 0 Å². The van der Waals surface area contributed by atoms with Crippen LogP contribution in [0.25, 0.3) is 0 Å². The highest BCUT2D eigenvalue weighted by Crippen LogP contribution is 2.22. The first kappa shape index (κ1) is 13.8. The lowest BCUT2D eigenvalue weighted by molar-refractivity contribution is 1.01. The van der Waals surface area contributed by atoms with Gasteiger partial charge in [-0.2, -0.15) is 0 Å². The minimum Gasteiger partial charge on any atom is -0.373 e. The Kier molecular flexibility index (Phi) is 4.74. The highest BCUT2D eigenvalue weighted by molar-refractivity contribution is 9.10. The van der Waals surface area contributed by atoms with E-state index in [0.29, 0.717) is 0 Å². The Hall–Kier alpha value is -1.62. The summed E-state index contributed by atoms with van der Waals surface area (Å²) in [5, 5.41) is 6.47. The lowest BCUT2D eigenvalue weighted by atomic mass is 10.2. The van der Waals surface area contributed by atoms with Gasteiger partial charge >= 0.3 is 0 Å². The van der Waals surface area contributed by atoms with E-state index < -0.39 is 0 Å². The summed E-state index contributed by atoms with van der Waals surface area (Å²) in [5.41, 5.74) is 2.31. The average Bonchev–Trinajstić information content (AvgIpc) is 2.45. The summed E-state index contributed by atoms with van der Waals surface area (Å²) >= 11 is 3.55. The zero-order valence-corrected chi connectivity index (χ0v) is 12.7. The summed E-state index contributed by atoms with van der Waals surface area (Å²) in [6, 6.07) is 8.16. The molecule has 0 aliphatic carbocycles. The summed E-state index contributed by atoms with van der Waals surface area (Å²) in [4.78, 5) is 8.56. The Bertz CT molecular complexity index is 557. The fourth-order valence-electron chi connectivity index (χ4n) is 1.94. The molecule has 5 heteroatoms. The molecule has 19 heavy (non-hydrogen) atoms. The van der Waals surface area contributed by atoms with Crippen LogP contribution in [-0.2, 0) is 13.0 Å². The largest absolute Gasteiger partial charge is 0.373 e. The first-order chi connectivity index (χ1) is 9.26. The first-order valence-electron chi connectivity index (χ1n) is 6.25. The summed E-state index contributed by atoms with van der Waals surface area (Å²) in [6.07, 6.45) is 2.46. The number of nitrogens with zero attached hydrogens (tertiary/aromatic N) is 2. The molecule has 2 aromatic rings. The molecule has 1 aromatic carbocycles. The van der Waals surface area contributed by atoms with Crippen LogP contribution < -0.4 is 10.6 Å². The van der Waals surface area contributed by atoms with Gasteiger partial charge in [-0.15, -0.1) is 0 Å². The van der Waals surface area contributed by atoms with E-state index in [1.165, 1.54) is 5.56 Å². The highest BCUT2D eigenvalue weighted by Gasteiger charge is 2.08. The number of nitrogens with one attached hydrogen (secondary N) is 2. The number of anilines is 2. The quantitative estimate of drug-likeness (QED) is 0.885. The van der Waals surface area contributed by atoms with E-state index in [0.717, 1.165) is 34.6 Å². The zero-order valence-electron chi connectivity index (χ0n) is 11.1. The normalized spacial score (nSPS) is 10.3. The van der Waals surface area contributed by atoms with Gasteiger partial charge in [-0.3, -0.25) is 0 Å². The lowest BCUT2D eigenvalue weighted by Gasteiger charge is -2.13. The van der Waals surface area contributed by atoms with Crippen molar-refractivity contribution >= 4 is 27.6 Å². The summed E-state index contributed by atoms with van der Waals surface area (Å²) in [7, 11) is 1.87. The maximum absolute atomic E-state index is 4.33. The van der Waals surface area contributed by atoms with Crippen LogP contribution >= 0.6 is 15.9 Å². The number of benzene rings is 1. The molecule has 0 amide bonds. The van der Waals surface area contributed by atoms with Crippen molar-refractivity contribution in [3.63, 3.8) is 0 Å². The third-order valence-electron chi connectivity index (χ3n) is 2.94. The van der Waals surface area contributed by atoms with E-state index in [1.807, 2.05) is 25.2 Å². The number of hydrogen-bond acceptors (Lipinski definition) is 4. The molecule has 0 unspecified atom stereocenters. The zero-order chi connectivity index (χ0) is 13.7. The van der Waals surface area contributed by atoms with Gasteiger partial charge < -0.3 is 10.6 Å². The molecule has 2 rings (SSSR count). The van der Waals surface area contributed by atoms with Crippen molar-refractivity contribution in [1.82, 2.24) is 9.97 Å². The number of hydrogen-bond donors (Lipinski definition) is 2. The van der Waals surface area contributed by atoms with Crippen LogP contribution in [0.5, 0.6) is 0 Å². The minimum absolute atomic E-state index is 0.731. The van der Waals surface area contributed by atoms with Gasteiger partial charge in [0, 0.05) is 23.6 Å². The standard InChI is InChI=1S/C14H17BrN4/c1-3-11-13(16-2)18-9-19-14(11)17-8-10-6-4-5-7-12(10)15/h4-7,9H,3,8H2,1-2H3,(H2,16,17,18,19). The predicted molar refractivity (Wildman–Crippen MR) is 82.4 cm³/mol. The second-order valence-electron chi connectivity index (χ2n) is 4.10. The van der Waals surface area contributed by atoms with Gasteiger partial charge in [0.1, 0.15) is 18.0 Å². The van der Waals surface area contributed by atoms with Crippen LogP contribution in [0.15, 0.2) is 35.1 Å². The molecule has 0 aliphatic heterocycles. The molecule has 0 aliphatic rings. The molecule has 1 heterocycles. The highest BCUT2D eigenvalue weighted by atomic mass is 79.9. The Balaban J connectivity index is 2.18. The summed E-state index contributed by atoms with van der Waals surface area (Å²) in [6.45, 7) is 2.83. The minimum atomic E-state index is 0.731. The molecule has 1 aromatic heterocycles. The molecule has 0 spiro atoms. The molecule has 100 valence electrons. The van der Waals surface area contributed by atoms with Gasteiger partial charge in [-0.1, -0.05) is 41.1 Å². The second kappa shape index (κ2) is 6.52. The fourth-order valence-corrected chi connectivity index (χ4v) is 2.36.